The van der Waals surface area contributed by atoms with E-state index in [-0.39, 0.29) is 6.61 Å². The van der Waals surface area contributed by atoms with Crippen LogP contribution >= 0.6 is 0 Å². The average Bonchev–Trinajstić information content (AvgIpc) is 2.26. The number of aliphatic hydroxyl groups is 1. The molecular formula is C12H15NO4. The summed E-state index contributed by atoms with van der Waals surface area (Å²) in [5.74, 6) is 0. The maximum absolute atomic E-state index is 11.7. The molecule has 1 saturated heterocycles. The predicted octanol–water partition coefficient (Wildman–Crippen LogP) is 1.67. The zero-order valence-corrected chi connectivity index (χ0v) is 9.79. The molecule has 0 aliphatic carbocycles. The van der Waals surface area contributed by atoms with Crippen molar-refractivity contribution in [3.05, 3.63) is 35.9 Å². The van der Waals surface area contributed by atoms with E-state index < -0.39 is 18.2 Å². The van der Waals surface area contributed by atoms with Crippen molar-refractivity contribution < 1.29 is 19.4 Å². The minimum atomic E-state index is -1.21. The van der Waals surface area contributed by atoms with E-state index in [1.54, 1.807) is 13.8 Å². The van der Waals surface area contributed by atoms with Gasteiger partial charge in [-0.3, -0.25) is 0 Å². The van der Waals surface area contributed by atoms with Gasteiger partial charge < -0.3 is 14.6 Å². The average molecular weight is 237 g/mol. The third-order valence-electron chi connectivity index (χ3n) is 2.60. The molecule has 1 N–H and O–H groups in total. The fourth-order valence-corrected chi connectivity index (χ4v) is 1.68. The minimum Gasteiger partial charge on any atom is -0.444 e. The molecule has 0 saturated carbocycles. The number of nitrogens with zero attached hydrogens (tertiary/aromatic N) is 1. The highest BCUT2D eigenvalue weighted by molar-refractivity contribution is 5.69. The van der Waals surface area contributed by atoms with Gasteiger partial charge in [0.15, 0.2) is 5.72 Å². The van der Waals surface area contributed by atoms with Gasteiger partial charge in [0, 0.05) is 0 Å². The van der Waals surface area contributed by atoms with Crippen LogP contribution in [0.3, 0.4) is 0 Å². The van der Waals surface area contributed by atoms with Crippen LogP contribution in [0.4, 0.5) is 4.79 Å². The largest absolute Gasteiger partial charge is 0.444 e. The number of hydrogen-bond donors (Lipinski definition) is 1. The quantitative estimate of drug-likeness (QED) is 0.850. The maximum atomic E-state index is 11.7. The highest BCUT2D eigenvalue weighted by Crippen LogP contribution is 2.31. The number of benzene rings is 1. The minimum absolute atomic E-state index is 0.180. The predicted molar refractivity (Wildman–Crippen MR) is 59.6 cm³/mol. The second kappa shape index (κ2) is 4.35. The first-order valence-electron chi connectivity index (χ1n) is 5.36. The summed E-state index contributed by atoms with van der Waals surface area (Å²) in [4.78, 5) is 12.8. The summed E-state index contributed by atoms with van der Waals surface area (Å²) >= 11 is 0. The van der Waals surface area contributed by atoms with Gasteiger partial charge in [-0.15, -0.1) is 0 Å². The van der Waals surface area contributed by atoms with Crippen LogP contribution in [0.5, 0.6) is 0 Å². The standard InChI is InChI=1S/C12H15NO4/c1-12(2)13(11(15)17-12)10(14)16-8-9-6-4-3-5-7-9/h3-7,11,15H,8H2,1-2H3. The van der Waals surface area contributed by atoms with Gasteiger partial charge in [-0.1, -0.05) is 30.3 Å². The van der Waals surface area contributed by atoms with Crippen molar-refractivity contribution >= 4 is 6.09 Å². The van der Waals surface area contributed by atoms with Gasteiger partial charge in [0.25, 0.3) is 0 Å². The smallest absolute Gasteiger partial charge is 0.416 e. The summed E-state index contributed by atoms with van der Waals surface area (Å²) in [6.07, 6.45) is -1.80. The Labute approximate surface area is 99.6 Å². The van der Waals surface area contributed by atoms with Gasteiger partial charge in [-0.25, -0.2) is 9.69 Å². The van der Waals surface area contributed by atoms with Gasteiger partial charge in [0.05, 0.1) is 0 Å². The number of aliphatic hydroxyl groups excluding tert-OH is 1. The molecule has 0 radical (unpaired) electrons. The van der Waals surface area contributed by atoms with Gasteiger partial charge >= 0.3 is 6.09 Å². The zero-order chi connectivity index (χ0) is 12.5. The van der Waals surface area contributed by atoms with E-state index in [9.17, 15) is 9.90 Å². The van der Waals surface area contributed by atoms with Crippen molar-refractivity contribution in [3.63, 3.8) is 0 Å². The number of rotatable bonds is 2. The number of amides is 1. The SMILES string of the molecule is CC1(C)OC(O)N1C(=O)OCc1ccccc1. The Morgan fingerprint density at radius 2 is 2.12 bits per heavy atom. The van der Waals surface area contributed by atoms with Gasteiger partial charge in [0.1, 0.15) is 6.61 Å². The highest BCUT2D eigenvalue weighted by Gasteiger charge is 2.49. The number of carbonyl (C=O) groups excluding carboxylic acids is 1. The van der Waals surface area contributed by atoms with Gasteiger partial charge in [0.2, 0.25) is 6.41 Å². The molecule has 0 aromatic heterocycles. The number of hydrogen-bond acceptors (Lipinski definition) is 4. The van der Waals surface area contributed by atoms with Crippen molar-refractivity contribution in [3.8, 4) is 0 Å². The van der Waals surface area contributed by atoms with E-state index in [2.05, 4.69) is 0 Å². The van der Waals surface area contributed by atoms with Crippen LogP contribution in [-0.2, 0) is 16.1 Å². The van der Waals surface area contributed by atoms with E-state index in [1.807, 2.05) is 30.3 Å². The van der Waals surface area contributed by atoms with Crippen molar-refractivity contribution in [2.45, 2.75) is 32.6 Å². The molecular weight excluding hydrogens is 222 g/mol. The molecule has 1 fully saturated rings. The molecule has 1 heterocycles. The summed E-state index contributed by atoms with van der Waals surface area (Å²) in [7, 11) is 0. The Morgan fingerprint density at radius 1 is 1.47 bits per heavy atom. The number of carbonyl (C=O) groups is 1. The summed E-state index contributed by atoms with van der Waals surface area (Å²) in [6, 6.07) is 9.35. The Kier molecular flexibility index (Phi) is 3.04. The van der Waals surface area contributed by atoms with Crippen LogP contribution in [0.1, 0.15) is 19.4 Å². The molecule has 1 aliphatic rings. The maximum Gasteiger partial charge on any atom is 0.416 e. The molecule has 0 spiro atoms. The second-order valence-corrected chi connectivity index (χ2v) is 4.30. The van der Waals surface area contributed by atoms with E-state index in [4.69, 9.17) is 9.47 Å². The molecule has 1 aromatic carbocycles. The molecule has 1 unspecified atom stereocenters. The van der Waals surface area contributed by atoms with E-state index in [0.717, 1.165) is 10.5 Å². The number of ether oxygens (including phenoxy) is 2. The lowest BCUT2D eigenvalue weighted by Crippen LogP contribution is -2.67. The molecule has 0 bridgehead atoms. The van der Waals surface area contributed by atoms with Crippen LogP contribution in [0.2, 0.25) is 0 Å². The van der Waals surface area contributed by atoms with Gasteiger partial charge in [-0.2, -0.15) is 0 Å². The molecule has 1 aliphatic heterocycles. The van der Waals surface area contributed by atoms with E-state index in [0.29, 0.717) is 0 Å². The molecule has 1 aromatic rings. The summed E-state index contributed by atoms with van der Waals surface area (Å²) < 4.78 is 10.1. The van der Waals surface area contributed by atoms with Crippen LogP contribution in [0, 0.1) is 0 Å². The van der Waals surface area contributed by atoms with Crippen molar-refractivity contribution in [1.82, 2.24) is 4.90 Å². The monoisotopic (exact) mass is 237 g/mol. The molecule has 5 nitrogen and oxygen atoms in total. The van der Waals surface area contributed by atoms with Crippen molar-refractivity contribution in [2.24, 2.45) is 0 Å². The normalized spacial score (nSPS) is 21.8. The van der Waals surface area contributed by atoms with Crippen molar-refractivity contribution in [2.75, 3.05) is 0 Å². The Bertz CT molecular complexity index is 404. The fraction of sp³-hybridized carbons (Fsp3) is 0.417. The lowest BCUT2D eigenvalue weighted by Gasteiger charge is -2.50. The zero-order valence-electron chi connectivity index (χ0n) is 9.79. The first-order chi connectivity index (χ1) is 8.00. The van der Waals surface area contributed by atoms with Crippen molar-refractivity contribution in [1.29, 1.82) is 0 Å². The van der Waals surface area contributed by atoms with Gasteiger partial charge in [-0.05, 0) is 19.4 Å². The third kappa shape index (κ3) is 2.40. The Balaban J connectivity index is 1.90. The summed E-state index contributed by atoms with van der Waals surface area (Å²) in [5, 5.41) is 9.31. The van der Waals surface area contributed by atoms with Crippen LogP contribution < -0.4 is 0 Å². The molecule has 17 heavy (non-hydrogen) atoms. The Hall–Kier alpha value is -1.59. The second-order valence-electron chi connectivity index (χ2n) is 4.30. The molecule has 1 amide bonds. The molecule has 92 valence electrons. The lowest BCUT2D eigenvalue weighted by molar-refractivity contribution is -0.392. The summed E-state index contributed by atoms with van der Waals surface area (Å²) in [5.41, 5.74) is 0.0855. The molecule has 2 rings (SSSR count). The first kappa shape index (κ1) is 11.9. The van der Waals surface area contributed by atoms with Crippen LogP contribution in [-0.4, -0.2) is 28.2 Å². The fourth-order valence-electron chi connectivity index (χ4n) is 1.68. The summed E-state index contributed by atoms with van der Waals surface area (Å²) in [6.45, 7) is 3.55. The Morgan fingerprint density at radius 3 is 2.65 bits per heavy atom. The molecule has 1 atom stereocenters. The third-order valence-corrected chi connectivity index (χ3v) is 2.60. The lowest BCUT2D eigenvalue weighted by atomic mass is 10.2. The first-order valence-corrected chi connectivity index (χ1v) is 5.36. The van der Waals surface area contributed by atoms with E-state index >= 15 is 0 Å². The van der Waals surface area contributed by atoms with E-state index in [1.165, 1.54) is 0 Å². The van der Waals surface area contributed by atoms with Crippen LogP contribution in [0.25, 0.3) is 0 Å². The topological polar surface area (TPSA) is 59.0 Å². The van der Waals surface area contributed by atoms with Crippen LogP contribution in [0.15, 0.2) is 30.3 Å². The highest BCUT2D eigenvalue weighted by atomic mass is 16.7. The molecule has 5 heteroatoms.